The SMILES string of the molecule is ClCC(Cl)C1CC2C=CC1C2. The molecule has 2 aliphatic carbocycles. The Balaban J connectivity index is 2.02. The lowest BCUT2D eigenvalue weighted by Crippen LogP contribution is -2.20. The van der Waals surface area contributed by atoms with E-state index in [0.717, 1.165) is 11.8 Å². The van der Waals surface area contributed by atoms with Crippen LogP contribution in [0.3, 0.4) is 0 Å². The average molecular weight is 191 g/mol. The third kappa shape index (κ3) is 1.31. The molecule has 62 valence electrons. The fourth-order valence-electron chi connectivity index (χ4n) is 2.35. The van der Waals surface area contributed by atoms with Crippen LogP contribution in [0.4, 0.5) is 0 Å². The van der Waals surface area contributed by atoms with Gasteiger partial charge in [-0.3, -0.25) is 0 Å². The molecule has 0 aromatic rings. The molecule has 0 N–H and O–H groups in total. The molecule has 0 nitrogen and oxygen atoms in total. The van der Waals surface area contributed by atoms with Gasteiger partial charge in [-0.1, -0.05) is 12.2 Å². The van der Waals surface area contributed by atoms with Crippen LogP contribution in [0.25, 0.3) is 0 Å². The highest BCUT2D eigenvalue weighted by Gasteiger charge is 2.38. The number of hydrogen-bond acceptors (Lipinski definition) is 0. The Morgan fingerprint density at radius 1 is 1.36 bits per heavy atom. The molecule has 2 heteroatoms. The molecule has 1 saturated carbocycles. The van der Waals surface area contributed by atoms with E-state index in [1.165, 1.54) is 12.8 Å². The zero-order valence-corrected chi connectivity index (χ0v) is 7.85. The standard InChI is InChI=1S/C9H12Cl2/c10-5-9(11)8-4-6-1-2-7(8)3-6/h1-2,6-9H,3-5H2. The predicted molar refractivity (Wildman–Crippen MR) is 49.2 cm³/mol. The summed E-state index contributed by atoms with van der Waals surface area (Å²) in [6.45, 7) is 0. The van der Waals surface area contributed by atoms with Crippen LogP contribution in [0.5, 0.6) is 0 Å². The van der Waals surface area contributed by atoms with Gasteiger partial charge < -0.3 is 0 Å². The van der Waals surface area contributed by atoms with Crippen molar-refractivity contribution in [1.29, 1.82) is 0 Å². The maximum Gasteiger partial charge on any atom is 0.0505 e. The summed E-state index contributed by atoms with van der Waals surface area (Å²) < 4.78 is 0. The molecule has 2 bridgehead atoms. The molecule has 4 unspecified atom stereocenters. The maximum absolute atomic E-state index is 6.10. The minimum Gasteiger partial charge on any atom is -0.125 e. The van der Waals surface area contributed by atoms with E-state index < -0.39 is 0 Å². The topological polar surface area (TPSA) is 0 Å². The van der Waals surface area contributed by atoms with Gasteiger partial charge in [0.2, 0.25) is 0 Å². The summed E-state index contributed by atoms with van der Waals surface area (Å²) in [5.41, 5.74) is 0. The third-order valence-corrected chi connectivity index (χ3v) is 3.91. The summed E-state index contributed by atoms with van der Waals surface area (Å²) in [5.74, 6) is 2.81. The van der Waals surface area contributed by atoms with Gasteiger partial charge in [0.1, 0.15) is 0 Å². The maximum atomic E-state index is 6.10. The number of hydrogen-bond donors (Lipinski definition) is 0. The fourth-order valence-corrected chi connectivity index (χ4v) is 2.87. The highest BCUT2D eigenvalue weighted by atomic mass is 35.5. The summed E-state index contributed by atoms with van der Waals surface area (Å²) in [6.07, 6.45) is 7.24. The van der Waals surface area contributed by atoms with Crippen LogP contribution < -0.4 is 0 Å². The van der Waals surface area contributed by atoms with Crippen molar-refractivity contribution in [3.63, 3.8) is 0 Å². The molecule has 1 fully saturated rings. The van der Waals surface area contributed by atoms with Gasteiger partial charge in [0, 0.05) is 5.88 Å². The average Bonchev–Trinajstić information content (AvgIpc) is 2.62. The highest BCUT2D eigenvalue weighted by molar-refractivity contribution is 6.28. The number of allylic oxidation sites excluding steroid dienone is 2. The van der Waals surface area contributed by atoms with Gasteiger partial charge in [-0.15, -0.1) is 23.2 Å². The van der Waals surface area contributed by atoms with Crippen LogP contribution in [-0.4, -0.2) is 11.3 Å². The molecule has 0 aromatic heterocycles. The van der Waals surface area contributed by atoms with Crippen LogP contribution in [0.15, 0.2) is 12.2 Å². The molecule has 4 atom stereocenters. The van der Waals surface area contributed by atoms with Gasteiger partial charge in [0.25, 0.3) is 0 Å². The smallest absolute Gasteiger partial charge is 0.0505 e. The van der Waals surface area contributed by atoms with Crippen molar-refractivity contribution in [1.82, 2.24) is 0 Å². The Kier molecular flexibility index (Phi) is 2.16. The van der Waals surface area contributed by atoms with Gasteiger partial charge >= 0.3 is 0 Å². The van der Waals surface area contributed by atoms with Gasteiger partial charge in [0.05, 0.1) is 5.38 Å². The molecule has 0 amide bonds. The monoisotopic (exact) mass is 190 g/mol. The molecule has 0 aromatic carbocycles. The Morgan fingerprint density at radius 3 is 2.64 bits per heavy atom. The zero-order valence-electron chi connectivity index (χ0n) is 6.34. The predicted octanol–water partition coefficient (Wildman–Crippen LogP) is 3.04. The van der Waals surface area contributed by atoms with E-state index in [4.69, 9.17) is 23.2 Å². The Labute approximate surface area is 77.6 Å². The van der Waals surface area contributed by atoms with Crippen LogP contribution in [0.1, 0.15) is 12.8 Å². The first-order valence-electron chi connectivity index (χ1n) is 4.19. The summed E-state index contributed by atoms with van der Waals surface area (Å²) >= 11 is 11.8. The summed E-state index contributed by atoms with van der Waals surface area (Å²) in [6, 6.07) is 0. The van der Waals surface area contributed by atoms with Crippen molar-refractivity contribution < 1.29 is 0 Å². The second-order valence-corrected chi connectivity index (χ2v) is 4.48. The van der Waals surface area contributed by atoms with E-state index in [1.54, 1.807) is 0 Å². The van der Waals surface area contributed by atoms with Crippen molar-refractivity contribution in [2.45, 2.75) is 18.2 Å². The normalized spacial score (nSPS) is 43.3. The van der Waals surface area contributed by atoms with Crippen LogP contribution in [0, 0.1) is 17.8 Å². The largest absolute Gasteiger partial charge is 0.125 e. The molecule has 0 aliphatic heterocycles. The summed E-state index contributed by atoms with van der Waals surface area (Å²) in [4.78, 5) is 0. The van der Waals surface area contributed by atoms with Crippen molar-refractivity contribution in [2.75, 3.05) is 5.88 Å². The van der Waals surface area contributed by atoms with E-state index in [9.17, 15) is 0 Å². The number of halogens is 2. The Hall–Kier alpha value is 0.320. The summed E-state index contributed by atoms with van der Waals surface area (Å²) in [5, 5.41) is 0.191. The number of alkyl halides is 2. The van der Waals surface area contributed by atoms with Gasteiger partial charge in [-0.05, 0) is 30.6 Å². The second-order valence-electron chi connectivity index (χ2n) is 3.61. The van der Waals surface area contributed by atoms with E-state index in [-0.39, 0.29) is 5.38 Å². The second kappa shape index (κ2) is 2.99. The lowest BCUT2D eigenvalue weighted by atomic mass is 9.91. The van der Waals surface area contributed by atoms with Gasteiger partial charge in [-0.2, -0.15) is 0 Å². The van der Waals surface area contributed by atoms with E-state index in [1.807, 2.05) is 0 Å². The van der Waals surface area contributed by atoms with E-state index in [2.05, 4.69) is 12.2 Å². The number of fused-ring (bicyclic) bond motifs is 2. The van der Waals surface area contributed by atoms with Crippen molar-refractivity contribution >= 4 is 23.2 Å². The Morgan fingerprint density at radius 2 is 2.18 bits per heavy atom. The fraction of sp³-hybridized carbons (Fsp3) is 0.778. The minimum atomic E-state index is 0.191. The molecule has 2 aliphatic rings. The quantitative estimate of drug-likeness (QED) is 0.464. The molecule has 11 heavy (non-hydrogen) atoms. The Bertz CT molecular complexity index is 176. The number of rotatable bonds is 2. The van der Waals surface area contributed by atoms with E-state index >= 15 is 0 Å². The first kappa shape index (κ1) is 7.94. The highest BCUT2D eigenvalue weighted by Crippen LogP contribution is 2.46. The lowest BCUT2D eigenvalue weighted by Gasteiger charge is -2.21. The molecule has 0 heterocycles. The molecular formula is C9H12Cl2. The van der Waals surface area contributed by atoms with Crippen LogP contribution in [0.2, 0.25) is 0 Å². The van der Waals surface area contributed by atoms with Crippen molar-refractivity contribution in [3.05, 3.63) is 12.2 Å². The molecule has 0 spiro atoms. The van der Waals surface area contributed by atoms with E-state index in [0.29, 0.717) is 11.8 Å². The van der Waals surface area contributed by atoms with Gasteiger partial charge in [0.15, 0.2) is 0 Å². The molecular weight excluding hydrogens is 179 g/mol. The van der Waals surface area contributed by atoms with Crippen LogP contribution in [-0.2, 0) is 0 Å². The molecule has 0 radical (unpaired) electrons. The third-order valence-electron chi connectivity index (χ3n) is 2.94. The molecule has 0 saturated heterocycles. The molecule has 2 rings (SSSR count). The van der Waals surface area contributed by atoms with Gasteiger partial charge in [-0.25, -0.2) is 0 Å². The van der Waals surface area contributed by atoms with Crippen molar-refractivity contribution in [2.24, 2.45) is 17.8 Å². The first-order chi connectivity index (χ1) is 5.31. The first-order valence-corrected chi connectivity index (χ1v) is 5.16. The lowest BCUT2D eigenvalue weighted by molar-refractivity contribution is 0.443. The summed E-state index contributed by atoms with van der Waals surface area (Å²) in [7, 11) is 0. The minimum absolute atomic E-state index is 0.191. The van der Waals surface area contributed by atoms with Crippen LogP contribution >= 0.6 is 23.2 Å². The van der Waals surface area contributed by atoms with Crippen molar-refractivity contribution in [3.8, 4) is 0 Å². The zero-order chi connectivity index (χ0) is 7.84.